The molecule has 7 nitrogen and oxygen atoms in total. The molecule has 1 N–H and O–H groups in total. The van der Waals surface area contributed by atoms with Crippen molar-refractivity contribution in [3.8, 4) is 0 Å². The third-order valence-electron chi connectivity index (χ3n) is 4.91. The number of ether oxygens (including phenoxy) is 1. The summed E-state index contributed by atoms with van der Waals surface area (Å²) in [7, 11) is 1.45. The van der Waals surface area contributed by atoms with E-state index in [-0.39, 0.29) is 5.97 Å². The number of hydrogen-bond donors (Lipinski definition) is 1. The van der Waals surface area contributed by atoms with Gasteiger partial charge in [-0.1, -0.05) is 5.21 Å². The molecule has 120 valence electrons. The van der Waals surface area contributed by atoms with E-state index in [1.807, 2.05) is 12.3 Å². The summed E-state index contributed by atoms with van der Waals surface area (Å²) >= 11 is 0. The van der Waals surface area contributed by atoms with E-state index < -0.39 is 0 Å². The van der Waals surface area contributed by atoms with Gasteiger partial charge in [0, 0.05) is 23.9 Å². The van der Waals surface area contributed by atoms with Crippen molar-refractivity contribution in [2.24, 2.45) is 5.92 Å². The third-order valence-corrected chi connectivity index (χ3v) is 4.91. The van der Waals surface area contributed by atoms with E-state index in [0.717, 1.165) is 47.9 Å². The second kappa shape index (κ2) is 5.64. The van der Waals surface area contributed by atoms with Gasteiger partial charge in [0.15, 0.2) is 0 Å². The minimum Gasteiger partial charge on any atom is -0.469 e. The molecule has 4 rings (SSSR count). The van der Waals surface area contributed by atoms with Crippen LogP contribution in [0.4, 0.5) is 0 Å². The van der Waals surface area contributed by atoms with Crippen LogP contribution in [0.5, 0.6) is 0 Å². The van der Waals surface area contributed by atoms with E-state index in [1.165, 1.54) is 7.11 Å². The maximum absolute atomic E-state index is 11.4. The Morgan fingerprint density at radius 3 is 3.00 bits per heavy atom. The van der Waals surface area contributed by atoms with Crippen LogP contribution in [0.15, 0.2) is 18.6 Å². The number of nitrogens with one attached hydrogen (secondary N) is 1. The molecule has 1 aliphatic rings. The minimum absolute atomic E-state index is 0.109. The van der Waals surface area contributed by atoms with Gasteiger partial charge < -0.3 is 9.72 Å². The van der Waals surface area contributed by atoms with Gasteiger partial charge in [0.25, 0.3) is 0 Å². The number of carbonyl (C=O) groups is 1. The second-order valence-electron chi connectivity index (χ2n) is 6.25. The number of aromatic amines is 1. The van der Waals surface area contributed by atoms with Crippen molar-refractivity contribution in [3.63, 3.8) is 0 Å². The summed E-state index contributed by atoms with van der Waals surface area (Å²) in [6.45, 7) is 0. The van der Waals surface area contributed by atoms with Gasteiger partial charge in [-0.2, -0.15) is 0 Å². The van der Waals surface area contributed by atoms with Gasteiger partial charge in [-0.05, 0) is 37.7 Å². The number of carbonyl (C=O) groups excluding carboxylic acids is 1. The Morgan fingerprint density at radius 2 is 2.22 bits per heavy atom. The Labute approximate surface area is 133 Å². The van der Waals surface area contributed by atoms with Crippen molar-refractivity contribution >= 4 is 22.5 Å². The van der Waals surface area contributed by atoms with Gasteiger partial charge in [-0.3, -0.25) is 4.79 Å². The maximum atomic E-state index is 11.4. The van der Waals surface area contributed by atoms with Crippen molar-refractivity contribution in [3.05, 3.63) is 24.3 Å². The van der Waals surface area contributed by atoms with E-state index in [2.05, 4.69) is 20.3 Å². The molecule has 0 radical (unpaired) electrons. The molecule has 1 saturated carbocycles. The molecule has 0 aromatic carbocycles. The van der Waals surface area contributed by atoms with Crippen LogP contribution in [0.2, 0.25) is 0 Å². The molecule has 1 aliphatic carbocycles. The van der Waals surface area contributed by atoms with Gasteiger partial charge in [0.2, 0.25) is 0 Å². The van der Waals surface area contributed by atoms with Crippen LogP contribution in [0.3, 0.4) is 0 Å². The highest BCUT2D eigenvalue weighted by atomic mass is 16.5. The first-order chi connectivity index (χ1) is 11.3. The van der Waals surface area contributed by atoms with E-state index in [0.29, 0.717) is 18.3 Å². The lowest BCUT2D eigenvalue weighted by atomic mass is 9.79. The zero-order chi connectivity index (χ0) is 15.8. The summed E-state index contributed by atoms with van der Waals surface area (Å²) in [5.74, 6) is 0.707. The topological polar surface area (TPSA) is 85.2 Å². The van der Waals surface area contributed by atoms with Crippen molar-refractivity contribution in [1.82, 2.24) is 24.8 Å². The number of methoxy groups -OCH3 is 1. The first-order valence-electron chi connectivity index (χ1n) is 8.00. The van der Waals surface area contributed by atoms with Crippen LogP contribution in [0.1, 0.15) is 43.7 Å². The van der Waals surface area contributed by atoms with Crippen LogP contribution in [0, 0.1) is 5.92 Å². The molecular formula is C16H19N5O2. The van der Waals surface area contributed by atoms with Gasteiger partial charge in [-0.15, -0.1) is 5.10 Å². The summed E-state index contributed by atoms with van der Waals surface area (Å²) in [5, 5.41) is 9.70. The number of rotatable bonds is 3. The van der Waals surface area contributed by atoms with E-state index >= 15 is 0 Å². The molecule has 0 unspecified atom stereocenters. The van der Waals surface area contributed by atoms with Crippen LogP contribution < -0.4 is 0 Å². The highest BCUT2D eigenvalue weighted by molar-refractivity contribution is 5.92. The molecule has 7 heteroatoms. The Bertz CT molecular complexity index is 845. The average Bonchev–Trinajstić information content (AvgIpc) is 3.21. The number of esters is 1. The Balaban J connectivity index is 1.59. The molecular weight excluding hydrogens is 294 g/mol. The van der Waals surface area contributed by atoms with Gasteiger partial charge in [-0.25, -0.2) is 9.50 Å². The third kappa shape index (κ3) is 2.46. The first kappa shape index (κ1) is 14.2. The fourth-order valence-electron chi connectivity index (χ4n) is 3.65. The number of hydrogen-bond acceptors (Lipinski definition) is 5. The predicted octanol–water partition coefficient (Wildman–Crippen LogP) is 2.44. The van der Waals surface area contributed by atoms with Gasteiger partial charge in [0.1, 0.15) is 17.5 Å². The molecule has 3 heterocycles. The van der Waals surface area contributed by atoms with Crippen molar-refractivity contribution in [2.45, 2.75) is 38.0 Å². The van der Waals surface area contributed by atoms with Crippen LogP contribution >= 0.6 is 0 Å². The quantitative estimate of drug-likeness (QED) is 0.751. The summed E-state index contributed by atoms with van der Waals surface area (Å²) < 4.78 is 6.53. The maximum Gasteiger partial charge on any atom is 0.305 e. The highest BCUT2D eigenvalue weighted by Crippen LogP contribution is 2.38. The average molecular weight is 313 g/mol. The number of H-pyrrole nitrogens is 1. The molecule has 0 amide bonds. The molecule has 0 saturated heterocycles. The van der Waals surface area contributed by atoms with Gasteiger partial charge in [0.05, 0.1) is 12.8 Å². The van der Waals surface area contributed by atoms with Crippen LogP contribution in [-0.4, -0.2) is 37.9 Å². The minimum atomic E-state index is -0.109. The molecule has 1 fully saturated rings. The molecule has 23 heavy (non-hydrogen) atoms. The second-order valence-corrected chi connectivity index (χ2v) is 6.25. The Hall–Kier alpha value is -2.44. The zero-order valence-corrected chi connectivity index (χ0v) is 13.0. The van der Waals surface area contributed by atoms with Crippen LogP contribution in [-0.2, 0) is 9.53 Å². The fourth-order valence-corrected chi connectivity index (χ4v) is 3.65. The largest absolute Gasteiger partial charge is 0.469 e. The van der Waals surface area contributed by atoms with Crippen molar-refractivity contribution < 1.29 is 9.53 Å². The lowest BCUT2D eigenvalue weighted by molar-refractivity contribution is -0.142. The normalized spacial score (nSPS) is 21.8. The molecule has 0 bridgehead atoms. The first-order valence-corrected chi connectivity index (χ1v) is 8.00. The smallest absolute Gasteiger partial charge is 0.305 e. The summed E-state index contributed by atoms with van der Waals surface area (Å²) in [6, 6.07) is 2.02. The molecule has 3 aromatic rings. The van der Waals surface area contributed by atoms with E-state index in [9.17, 15) is 4.79 Å². The van der Waals surface area contributed by atoms with Crippen LogP contribution in [0.25, 0.3) is 16.6 Å². The fraction of sp³-hybridized carbons (Fsp3) is 0.500. The highest BCUT2D eigenvalue weighted by Gasteiger charge is 2.28. The van der Waals surface area contributed by atoms with E-state index in [1.54, 1.807) is 10.8 Å². The number of nitrogens with zero attached hydrogens (tertiary/aromatic N) is 4. The van der Waals surface area contributed by atoms with Crippen molar-refractivity contribution in [2.75, 3.05) is 7.11 Å². The molecule has 3 aromatic heterocycles. The Morgan fingerprint density at radius 1 is 1.39 bits per heavy atom. The monoisotopic (exact) mass is 313 g/mol. The van der Waals surface area contributed by atoms with E-state index in [4.69, 9.17) is 4.74 Å². The van der Waals surface area contributed by atoms with Crippen molar-refractivity contribution in [1.29, 1.82) is 0 Å². The van der Waals surface area contributed by atoms with Gasteiger partial charge >= 0.3 is 5.97 Å². The zero-order valence-electron chi connectivity index (χ0n) is 13.0. The summed E-state index contributed by atoms with van der Waals surface area (Å²) in [4.78, 5) is 18.9. The molecule has 0 spiro atoms. The lowest BCUT2D eigenvalue weighted by Gasteiger charge is -2.26. The standard InChI is InChI=1S/C16H19N5O2/c1-23-13(22)8-10-2-4-11(5-3-10)14-15-12-6-7-17-16(12)18-9-21(15)20-19-14/h6-7,9-11,17H,2-5,8H2,1H3. The SMILES string of the molecule is COC(=O)CC1CCC(c2nnn3cnc4[nH]ccc4c23)CC1. The Kier molecular flexibility index (Phi) is 3.48. The number of fused-ring (bicyclic) bond motifs is 3. The summed E-state index contributed by atoms with van der Waals surface area (Å²) in [5.41, 5.74) is 2.96. The summed E-state index contributed by atoms with van der Waals surface area (Å²) in [6.07, 6.45) is 8.24. The lowest BCUT2D eigenvalue weighted by Crippen LogP contribution is -2.17. The predicted molar refractivity (Wildman–Crippen MR) is 84.0 cm³/mol. The molecule has 0 aliphatic heterocycles. The number of aromatic nitrogens is 5. The molecule has 0 atom stereocenters.